The van der Waals surface area contributed by atoms with Crippen molar-refractivity contribution in [3.05, 3.63) is 0 Å². The number of fused-ring (bicyclic) bond motifs is 3. The fourth-order valence-electron chi connectivity index (χ4n) is 4.93. The Morgan fingerprint density at radius 1 is 1.22 bits per heavy atom. The first-order valence-electron chi connectivity index (χ1n) is 7.13. The molecule has 2 aliphatic carbocycles. The van der Waals surface area contributed by atoms with E-state index in [1.54, 1.807) is 0 Å². The molecule has 1 aliphatic heterocycles. The van der Waals surface area contributed by atoms with E-state index in [2.05, 4.69) is 13.8 Å². The van der Waals surface area contributed by atoms with Gasteiger partial charge in [0, 0.05) is 17.8 Å². The van der Waals surface area contributed by atoms with Crippen molar-refractivity contribution in [2.24, 2.45) is 23.2 Å². The Bertz CT molecular complexity index is 416. The number of ether oxygens (including phenoxy) is 1. The second-order valence-electron chi connectivity index (χ2n) is 6.91. The molecular formula is C15H22O3. The number of Topliss-reactive ketones (excluding diaryl/α,β-unsaturated/α-hetero) is 1. The number of carbonyl (C=O) groups is 2. The lowest BCUT2D eigenvalue weighted by Gasteiger charge is -2.54. The fraction of sp³-hybridized carbons (Fsp3) is 0.867. The largest absolute Gasteiger partial charge is 0.459 e. The van der Waals surface area contributed by atoms with E-state index >= 15 is 0 Å². The Morgan fingerprint density at radius 3 is 2.67 bits per heavy atom. The molecule has 3 fully saturated rings. The van der Waals surface area contributed by atoms with Gasteiger partial charge in [0.1, 0.15) is 11.4 Å². The van der Waals surface area contributed by atoms with Crippen molar-refractivity contribution in [2.45, 2.75) is 58.5 Å². The predicted octanol–water partition coefficient (Wildman–Crippen LogP) is 2.72. The first-order chi connectivity index (χ1) is 8.38. The molecule has 3 aliphatic rings. The van der Waals surface area contributed by atoms with Crippen molar-refractivity contribution in [1.82, 2.24) is 0 Å². The van der Waals surface area contributed by atoms with Crippen LogP contribution in [0.3, 0.4) is 0 Å². The van der Waals surface area contributed by atoms with E-state index in [4.69, 9.17) is 4.74 Å². The van der Waals surface area contributed by atoms with Crippen LogP contribution in [0, 0.1) is 23.2 Å². The lowest BCUT2D eigenvalue weighted by atomic mass is 9.49. The van der Waals surface area contributed by atoms with Crippen molar-refractivity contribution >= 4 is 11.8 Å². The average Bonchev–Trinajstić information content (AvgIpc) is 2.60. The van der Waals surface area contributed by atoms with Crippen LogP contribution in [-0.2, 0) is 14.3 Å². The fourth-order valence-corrected chi connectivity index (χ4v) is 4.93. The molecule has 3 nitrogen and oxygen atoms in total. The van der Waals surface area contributed by atoms with E-state index < -0.39 is 5.60 Å². The van der Waals surface area contributed by atoms with Crippen LogP contribution in [0.1, 0.15) is 52.9 Å². The SMILES string of the molecule is CC1CCC(=O)C2(C)C1CCC1(C)OC(=O)C[C@@H]12. The van der Waals surface area contributed by atoms with Gasteiger partial charge < -0.3 is 4.74 Å². The standard InChI is InChI=1S/C15H22O3/c1-9-4-5-12(16)15(3)10(9)6-7-14(2)11(15)8-13(17)18-14/h9-11H,4-8H2,1-3H3/t9?,10?,11-,14?,15?/m0/s1. The Hall–Kier alpha value is -0.860. The Morgan fingerprint density at radius 2 is 1.94 bits per heavy atom. The Kier molecular flexibility index (Phi) is 2.43. The van der Waals surface area contributed by atoms with Gasteiger partial charge in [-0.1, -0.05) is 13.8 Å². The highest BCUT2D eigenvalue weighted by Gasteiger charge is 2.63. The third kappa shape index (κ3) is 1.36. The van der Waals surface area contributed by atoms with Crippen LogP contribution in [0.2, 0.25) is 0 Å². The summed E-state index contributed by atoms with van der Waals surface area (Å²) in [5.41, 5.74) is -0.730. The summed E-state index contributed by atoms with van der Waals surface area (Å²) in [7, 11) is 0. The molecule has 0 aromatic carbocycles. The summed E-state index contributed by atoms with van der Waals surface area (Å²) in [4.78, 5) is 24.2. The van der Waals surface area contributed by atoms with Crippen LogP contribution in [0.5, 0.6) is 0 Å². The molecule has 0 aromatic rings. The molecule has 100 valence electrons. The maximum Gasteiger partial charge on any atom is 0.306 e. The van der Waals surface area contributed by atoms with Gasteiger partial charge in [-0.2, -0.15) is 0 Å². The van der Waals surface area contributed by atoms with Gasteiger partial charge >= 0.3 is 5.97 Å². The van der Waals surface area contributed by atoms with Crippen molar-refractivity contribution in [3.8, 4) is 0 Å². The van der Waals surface area contributed by atoms with E-state index in [-0.39, 0.29) is 17.3 Å². The molecule has 0 N–H and O–H groups in total. The molecule has 2 saturated carbocycles. The molecule has 1 saturated heterocycles. The maximum absolute atomic E-state index is 12.5. The number of rotatable bonds is 0. The molecule has 0 radical (unpaired) electrons. The van der Waals surface area contributed by atoms with Gasteiger partial charge in [-0.3, -0.25) is 9.59 Å². The molecule has 4 unspecified atom stereocenters. The van der Waals surface area contributed by atoms with Crippen LogP contribution < -0.4 is 0 Å². The number of esters is 1. The van der Waals surface area contributed by atoms with Crippen LogP contribution >= 0.6 is 0 Å². The Labute approximate surface area is 108 Å². The zero-order valence-electron chi connectivity index (χ0n) is 11.5. The summed E-state index contributed by atoms with van der Waals surface area (Å²) in [6, 6.07) is 0. The summed E-state index contributed by atoms with van der Waals surface area (Å²) < 4.78 is 5.56. The average molecular weight is 250 g/mol. The molecule has 5 atom stereocenters. The minimum atomic E-state index is -0.394. The normalized spacial score (nSPS) is 51.6. The molecule has 3 heteroatoms. The highest BCUT2D eigenvalue weighted by molar-refractivity contribution is 5.88. The van der Waals surface area contributed by atoms with Crippen LogP contribution in [0.15, 0.2) is 0 Å². The zero-order chi connectivity index (χ0) is 13.1. The van der Waals surface area contributed by atoms with Crippen molar-refractivity contribution in [3.63, 3.8) is 0 Å². The van der Waals surface area contributed by atoms with Gasteiger partial charge in [-0.05, 0) is 38.0 Å². The van der Waals surface area contributed by atoms with Gasteiger partial charge in [0.15, 0.2) is 0 Å². The van der Waals surface area contributed by atoms with E-state index in [1.807, 2.05) is 6.92 Å². The third-order valence-electron chi connectivity index (χ3n) is 6.02. The van der Waals surface area contributed by atoms with Crippen molar-refractivity contribution < 1.29 is 14.3 Å². The third-order valence-corrected chi connectivity index (χ3v) is 6.02. The van der Waals surface area contributed by atoms with E-state index in [0.717, 1.165) is 19.3 Å². The lowest BCUT2D eigenvalue weighted by Crippen LogP contribution is -2.57. The monoisotopic (exact) mass is 250 g/mol. The topological polar surface area (TPSA) is 43.4 Å². The highest BCUT2D eigenvalue weighted by Crippen LogP contribution is 2.60. The van der Waals surface area contributed by atoms with E-state index in [0.29, 0.717) is 30.5 Å². The molecule has 18 heavy (non-hydrogen) atoms. The van der Waals surface area contributed by atoms with Gasteiger partial charge in [0.2, 0.25) is 0 Å². The lowest BCUT2D eigenvalue weighted by molar-refractivity contribution is -0.168. The summed E-state index contributed by atoms with van der Waals surface area (Å²) in [5, 5.41) is 0. The minimum absolute atomic E-state index is 0.0894. The highest BCUT2D eigenvalue weighted by atomic mass is 16.6. The summed E-state index contributed by atoms with van der Waals surface area (Å²) in [6.45, 7) is 6.38. The number of carbonyl (C=O) groups excluding carboxylic acids is 2. The maximum atomic E-state index is 12.5. The van der Waals surface area contributed by atoms with E-state index in [1.165, 1.54) is 0 Å². The molecule has 0 bridgehead atoms. The molecule has 3 rings (SSSR count). The first kappa shape index (κ1) is 12.2. The Balaban J connectivity index is 2.04. The van der Waals surface area contributed by atoms with Gasteiger partial charge in [-0.15, -0.1) is 0 Å². The summed E-state index contributed by atoms with van der Waals surface area (Å²) in [5.74, 6) is 1.36. The summed E-state index contributed by atoms with van der Waals surface area (Å²) >= 11 is 0. The second-order valence-corrected chi connectivity index (χ2v) is 6.91. The van der Waals surface area contributed by atoms with Gasteiger partial charge in [0.05, 0.1) is 6.42 Å². The second kappa shape index (κ2) is 3.58. The summed E-state index contributed by atoms with van der Waals surface area (Å²) in [6.07, 6.45) is 4.05. The first-order valence-corrected chi connectivity index (χ1v) is 7.13. The van der Waals surface area contributed by atoms with E-state index in [9.17, 15) is 9.59 Å². The van der Waals surface area contributed by atoms with Crippen LogP contribution in [0.4, 0.5) is 0 Å². The van der Waals surface area contributed by atoms with Crippen molar-refractivity contribution in [2.75, 3.05) is 0 Å². The molecular weight excluding hydrogens is 228 g/mol. The molecule has 0 aromatic heterocycles. The van der Waals surface area contributed by atoms with Gasteiger partial charge in [-0.25, -0.2) is 0 Å². The smallest absolute Gasteiger partial charge is 0.306 e. The molecule has 0 spiro atoms. The zero-order valence-corrected chi connectivity index (χ0v) is 11.5. The predicted molar refractivity (Wildman–Crippen MR) is 66.8 cm³/mol. The van der Waals surface area contributed by atoms with Gasteiger partial charge in [0.25, 0.3) is 0 Å². The number of hydrogen-bond acceptors (Lipinski definition) is 3. The number of hydrogen-bond donors (Lipinski definition) is 0. The molecule has 0 amide bonds. The van der Waals surface area contributed by atoms with Crippen LogP contribution in [-0.4, -0.2) is 17.4 Å². The minimum Gasteiger partial charge on any atom is -0.459 e. The van der Waals surface area contributed by atoms with Crippen molar-refractivity contribution in [1.29, 1.82) is 0 Å². The van der Waals surface area contributed by atoms with Crippen LogP contribution in [0.25, 0.3) is 0 Å². The quantitative estimate of drug-likeness (QED) is 0.621. The molecule has 1 heterocycles. The number of ketones is 1.